The minimum absolute atomic E-state index is 0.00391. The molecule has 5 nitrogen and oxygen atoms in total. The first-order chi connectivity index (χ1) is 12.6. The van der Waals surface area contributed by atoms with Crippen molar-refractivity contribution >= 4 is 17.5 Å². The highest BCUT2D eigenvalue weighted by atomic mass is 16.5. The van der Waals surface area contributed by atoms with Gasteiger partial charge in [0.15, 0.2) is 0 Å². The van der Waals surface area contributed by atoms with E-state index in [4.69, 9.17) is 4.74 Å². The Bertz CT molecular complexity index is 786. The van der Waals surface area contributed by atoms with Crippen molar-refractivity contribution in [3.8, 4) is 5.75 Å². The van der Waals surface area contributed by atoms with E-state index in [1.165, 1.54) is 5.56 Å². The van der Waals surface area contributed by atoms with Crippen molar-refractivity contribution < 1.29 is 14.3 Å². The maximum absolute atomic E-state index is 12.5. The molecule has 3 rings (SSSR count). The molecule has 26 heavy (non-hydrogen) atoms. The van der Waals surface area contributed by atoms with Gasteiger partial charge in [0.1, 0.15) is 5.75 Å². The van der Waals surface area contributed by atoms with Gasteiger partial charge in [-0.15, -0.1) is 0 Å². The van der Waals surface area contributed by atoms with E-state index < -0.39 is 0 Å². The lowest BCUT2D eigenvalue weighted by atomic mass is 10.1. The molecule has 1 aliphatic rings. The lowest BCUT2D eigenvalue weighted by molar-refractivity contribution is -0.126. The SMILES string of the molecule is CCc1ccc(N2CC(C(=O)NCc3cccc(OC)c3)CC2=O)cc1. The van der Waals surface area contributed by atoms with Crippen LogP contribution in [0.25, 0.3) is 0 Å². The predicted molar refractivity (Wildman–Crippen MR) is 101 cm³/mol. The molecule has 1 unspecified atom stereocenters. The van der Waals surface area contributed by atoms with Gasteiger partial charge in [0.25, 0.3) is 0 Å². The number of amides is 2. The summed E-state index contributed by atoms with van der Waals surface area (Å²) in [6.45, 7) is 2.94. The van der Waals surface area contributed by atoms with E-state index in [1.807, 2.05) is 48.5 Å². The van der Waals surface area contributed by atoms with E-state index >= 15 is 0 Å². The van der Waals surface area contributed by atoms with Gasteiger partial charge >= 0.3 is 0 Å². The van der Waals surface area contributed by atoms with E-state index in [1.54, 1.807) is 12.0 Å². The predicted octanol–water partition coefficient (Wildman–Crippen LogP) is 2.93. The van der Waals surface area contributed by atoms with E-state index in [2.05, 4.69) is 12.2 Å². The van der Waals surface area contributed by atoms with Crippen LogP contribution in [-0.2, 0) is 22.6 Å². The number of hydrogen-bond acceptors (Lipinski definition) is 3. The fraction of sp³-hybridized carbons (Fsp3) is 0.333. The Morgan fingerprint density at radius 2 is 1.96 bits per heavy atom. The Morgan fingerprint density at radius 1 is 1.19 bits per heavy atom. The van der Waals surface area contributed by atoms with Gasteiger partial charge in [-0.3, -0.25) is 9.59 Å². The Hall–Kier alpha value is -2.82. The number of rotatable bonds is 6. The van der Waals surface area contributed by atoms with Gasteiger partial charge in [0.05, 0.1) is 13.0 Å². The number of benzene rings is 2. The zero-order chi connectivity index (χ0) is 18.5. The lowest BCUT2D eigenvalue weighted by Gasteiger charge is -2.17. The number of ether oxygens (including phenoxy) is 1. The molecule has 136 valence electrons. The summed E-state index contributed by atoms with van der Waals surface area (Å²) in [7, 11) is 1.61. The molecule has 2 aromatic carbocycles. The fourth-order valence-corrected chi connectivity index (χ4v) is 3.16. The van der Waals surface area contributed by atoms with Crippen LogP contribution in [-0.4, -0.2) is 25.5 Å². The molecule has 1 fully saturated rings. The summed E-state index contributed by atoms with van der Waals surface area (Å²) in [5.41, 5.74) is 3.05. The number of methoxy groups -OCH3 is 1. The van der Waals surface area contributed by atoms with E-state index in [0.717, 1.165) is 23.4 Å². The van der Waals surface area contributed by atoms with Gasteiger partial charge in [-0.2, -0.15) is 0 Å². The van der Waals surface area contributed by atoms with Crippen molar-refractivity contribution in [1.82, 2.24) is 5.32 Å². The van der Waals surface area contributed by atoms with Crippen LogP contribution in [0.15, 0.2) is 48.5 Å². The number of carbonyl (C=O) groups is 2. The van der Waals surface area contributed by atoms with E-state index in [0.29, 0.717) is 13.1 Å². The molecule has 0 saturated carbocycles. The van der Waals surface area contributed by atoms with Crippen LogP contribution in [0.3, 0.4) is 0 Å². The van der Waals surface area contributed by atoms with Crippen LogP contribution in [0.5, 0.6) is 5.75 Å². The standard InChI is InChI=1S/C21H24N2O3/c1-3-15-7-9-18(10-8-15)23-14-17(12-20(23)24)21(25)22-13-16-5-4-6-19(11-16)26-2/h4-11,17H,3,12-14H2,1-2H3,(H,22,25). The zero-order valence-electron chi connectivity index (χ0n) is 15.2. The topological polar surface area (TPSA) is 58.6 Å². The first-order valence-electron chi connectivity index (χ1n) is 8.90. The highest BCUT2D eigenvalue weighted by molar-refractivity contribution is 6.00. The molecule has 1 N–H and O–H groups in total. The third kappa shape index (κ3) is 4.04. The highest BCUT2D eigenvalue weighted by Gasteiger charge is 2.34. The van der Waals surface area contributed by atoms with Crippen molar-refractivity contribution in [2.24, 2.45) is 5.92 Å². The number of nitrogens with one attached hydrogen (secondary N) is 1. The maximum atomic E-state index is 12.5. The summed E-state index contributed by atoms with van der Waals surface area (Å²) >= 11 is 0. The van der Waals surface area contributed by atoms with Crippen molar-refractivity contribution in [3.05, 3.63) is 59.7 Å². The Labute approximate surface area is 154 Å². The zero-order valence-corrected chi connectivity index (χ0v) is 15.2. The van der Waals surface area contributed by atoms with Gasteiger partial charge in [-0.05, 0) is 41.8 Å². The van der Waals surface area contributed by atoms with Crippen molar-refractivity contribution in [3.63, 3.8) is 0 Å². The largest absolute Gasteiger partial charge is 0.497 e. The van der Waals surface area contributed by atoms with Gasteiger partial charge in [0, 0.05) is 25.2 Å². The van der Waals surface area contributed by atoms with E-state index in [-0.39, 0.29) is 24.2 Å². The van der Waals surface area contributed by atoms with Crippen molar-refractivity contribution in [2.75, 3.05) is 18.6 Å². The second-order valence-corrected chi connectivity index (χ2v) is 6.49. The molecule has 0 aliphatic carbocycles. The number of anilines is 1. The monoisotopic (exact) mass is 352 g/mol. The van der Waals surface area contributed by atoms with Crippen LogP contribution < -0.4 is 15.0 Å². The average molecular weight is 352 g/mol. The molecule has 0 spiro atoms. The quantitative estimate of drug-likeness (QED) is 0.870. The molecule has 2 aromatic rings. The Morgan fingerprint density at radius 3 is 2.65 bits per heavy atom. The second kappa shape index (κ2) is 8.04. The van der Waals surface area contributed by atoms with Crippen LogP contribution in [0, 0.1) is 5.92 Å². The molecule has 1 heterocycles. The molecule has 1 aliphatic heterocycles. The maximum Gasteiger partial charge on any atom is 0.227 e. The third-order valence-electron chi connectivity index (χ3n) is 4.75. The van der Waals surface area contributed by atoms with Gasteiger partial charge in [-0.1, -0.05) is 31.2 Å². The molecular weight excluding hydrogens is 328 g/mol. The van der Waals surface area contributed by atoms with Crippen LogP contribution in [0.4, 0.5) is 5.69 Å². The smallest absolute Gasteiger partial charge is 0.227 e. The third-order valence-corrected chi connectivity index (χ3v) is 4.75. The first-order valence-corrected chi connectivity index (χ1v) is 8.90. The van der Waals surface area contributed by atoms with Gasteiger partial charge in [-0.25, -0.2) is 0 Å². The number of nitrogens with zero attached hydrogens (tertiary/aromatic N) is 1. The molecule has 1 atom stereocenters. The fourth-order valence-electron chi connectivity index (χ4n) is 3.16. The summed E-state index contributed by atoms with van der Waals surface area (Å²) in [4.78, 5) is 26.5. The normalized spacial score (nSPS) is 16.6. The van der Waals surface area contributed by atoms with Crippen molar-refractivity contribution in [1.29, 1.82) is 0 Å². The van der Waals surface area contributed by atoms with Gasteiger partial charge in [0.2, 0.25) is 11.8 Å². The van der Waals surface area contributed by atoms with Crippen LogP contribution in [0.2, 0.25) is 0 Å². The summed E-state index contributed by atoms with van der Waals surface area (Å²) in [5.74, 6) is 0.345. The Kier molecular flexibility index (Phi) is 5.56. The summed E-state index contributed by atoms with van der Waals surface area (Å²) < 4.78 is 5.19. The van der Waals surface area contributed by atoms with E-state index in [9.17, 15) is 9.59 Å². The number of hydrogen-bond donors (Lipinski definition) is 1. The molecule has 0 radical (unpaired) electrons. The minimum atomic E-state index is -0.320. The molecular formula is C21H24N2O3. The highest BCUT2D eigenvalue weighted by Crippen LogP contribution is 2.25. The average Bonchev–Trinajstić information content (AvgIpc) is 3.08. The lowest BCUT2D eigenvalue weighted by Crippen LogP contribution is -2.32. The van der Waals surface area contributed by atoms with Crippen molar-refractivity contribution in [2.45, 2.75) is 26.3 Å². The Balaban J connectivity index is 1.59. The minimum Gasteiger partial charge on any atom is -0.497 e. The molecule has 1 saturated heterocycles. The molecule has 2 amide bonds. The summed E-state index contributed by atoms with van der Waals surface area (Å²) in [5, 5.41) is 2.93. The first kappa shape index (κ1) is 18.0. The summed E-state index contributed by atoms with van der Waals surface area (Å²) in [6.07, 6.45) is 1.21. The number of aryl methyl sites for hydroxylation is 1. The molecule has 5 heteroatoms. The van der Waals surface area contributed by atoms with Crippen LogP contribution in [0.1, 0.15) is 24.5 Å². The van der Waals surface area contributed by atoms with Gasteiger partial charge < -0.3 is 15.0 Å². The molecule has 0 aromatic heterocycles. The second-order valence-electron chi connectivity index (χ2n) is 6.49. The number of carbonyl (C=O) groups excluding carboxylic acids is 2. The summed E-state index contributed by atoms with van der Waals surface area (Å²) in [6, 6.07) is 15.5. The van der Waals surface area contributed by atoms with Crippen LogP contribution >= 0.6 is 0 Å². The molecule has 0 bridgehead atoms.